The monoisotopic (exact) mass is 424 g/mol. The average molecular weight is 425 g/mol. The number of benzene rings is 2. The van der Waals surface area contributed by atoms with Gasteiger partial charge in [0.1, 0.15) is 12.4 Å². The van der Waals surface area contributed by atoms with Gasteiger partial charge in [-0.15, -0.1) is 0 Å². The molecular weight excluding hydrogens is 403 g/mol. The summed E-state index contributed by atoms with van der Waals surface area (Å²) in [6.07, 6.45) is -0.343. The Balaban J connectivity index is 2.37. The number of ether oxygens (including phenoxy) is 3. The predicted octanol–water partition coefficient (Wildman–Crippen LogP) is 3.76. The van der Waals surface area contributed by atoms with Crippen LogP contribution in [0.2, 0.25) is 5.02 Å². The van der Waals surface area contributed by atoms with Gasteiger partial charge in [0.15, 0.2) is 7.14 Å². The van der Waals surface area contributed by atoms with Gasteiger partial charge in [0.2, 0.25) is 5.52 Å². The van der Waals surface area contributed by atoms with Gasteiger partial charge in [0, 0.05) is 18.6 Å². The van der Waals surface area contributed by atoms with E-state index in [1.165, 1.54) is 20.3 Å². The first-order valence-corrected chi connectivity index (χ1v) is 10.9. The van der Waals surface area contributed by atoms with E-state index in [1.54, 1.807) is 42.5 Å². The van der Waals surface area contributed by atoms with Crippen LogP contribution in [0.5, 0.6) is 5.75 Å². The number of methoxy groups -OCH3 is 2. The maximum Gasteiger partial charge on any atom is 0.306 e. The fourth-order valence-corrected chi connectivity index (χ4v) is 5.40. The maximum absolute atomic E-state index is 13.9. The molecule has 8 heteroatoms. The van der Waals surface area contributed by atoms with Crippen molar-refractivity contribution in [3.63, 3.8) is 0 Å². The first-order valence-electron chi connectivity index (χ1n) is 8.60. The molecule has 0 saturated heterocycles. The molecule has 0 bridgehead atoms. The molecule has 0 aliphatic carbocycles. The van der Waals surface area contributed by atoms with E-state index in [0.29, 0.717) is 5.30 Å². The molecule has 0 aliphatic rings. The molecule has 0 heterocycles. The molecule has 2 rings (SSSR count). The Bertz CT molecular complexity index is 868. The molecule has 1 unspecified atom stereocenters. The molecule has 150 valence electrons. The van der Waals surface area contributed by atoms with Crippen LogP contribution in [0.25, 0.3) is 0 Å². The lowest BCUT2D eigenvalue weighted by molar-refractivity contribution is -0.144. The summed E-state index contributed by atoms with van der Waals surface area (Å²) in [5, 5.41) is 0.495. The number of halogens is 1. The number of hydrogen-bond donors (Lipinski definition) is 0. The van der Waals surface area contributed by atoms with Crippen molar-refractivity contribution in [2.75, 3.05) is 33.6 Å². The van der Waals surface area contributed by atoms with Crippen molar-refractivity contribution in [2.45, 2.75) is 6.42 Å². The van der Waals surface area contributed by atoms with E-state index in [0.717, 1.165) is 0 Å². The highest BCUT2D eigenvalue weighted by molar-refractivity contribution is 7.87. The largest absolute Gasteiger partial charge is 0.496 e. The zero-order chi connectivity index (χ0) is 20.6. The van der Waals surface area contributed by atoms with Crippen LogP contribution in [0.15, 0.2) is 48.5 Å². The SMILES string of the molecule is COCCOC(=O)CCP(=O)(C(=O)c1c(Cl)cccc1OC)c1ccccc1. The minimum Gasteiger partial charge on any atom is -0.496 e. The molecular formula is C20H22ClO6P. The van der Waals surface area contributed by atoms with Crippen LogP contribution < -0.4 is 10.0 Å². The Morgan fingerprint density at radius 2 is 1.71 bits per heavy atom. The molecule has 0 aliphatic heterocycles. The van der Waals surface area contributed by atoms with Crippen LogP contribution in [0, 0.1) is 0 Å². The Labute approximate surface area is 169 Å². The average Bonchev–Trinajstić information content (AvgIpc) is 2.72. The molecule has 0 fully saturated rings. The van der Waals surface area contributed by atoms with Gasteiger partial charge in [-0.1, -0.05) is 48.0 Å². The van der Waals surface area contributed by atoms with Crippen LogP contribution in [-0.2, 0) is 18.8 Å². The highest BCUT2D eigenvalue weighted by atomic mass is 35.5. The summed E-state index contributed by atoms with van der Waals surface area (Å²) in [7, 11) is -0.781. The summed E-state index contributed by atoms with van der Waals surface area (Å²) < 4.78 is 29.0. The summed E-state index contributed by atoms with van der Waals surface area (Å²) >= 11 is 6.22. The topological polar surface area (TPSA) is 78.9 Å². The van der Waals surface area contributed by atoms with Crippen molar-refractivity contribution in [3.05, 3.63) is 59.1 Å². The van der Waals surface area contributed by atoms with E-state index in [4.69, 9.17) is 25.8 Å². The van der Waals surface area contributed by atoms with E-state index in [2.05, 4.69) is 0 Å². The minimum absolute atomic E-state index is 0.0478. The number of rotatable bonds is 10. The molecule has 1 atom stereocenters. The van der Waals surface area contributed by atoms with Gasteiger partial charge in [0.05, 0.1) is 30.7 Å². The Kier molecular flexibility index (Phi) is 8.24. The second-order valence-electron chi connectivity index (χ2n) is 5.88. The van der Waals surface area contributed by atoms with Crippen molar-refractivity contribution in [1.82, 2.24) is 0 Å². The summed E-state index contributed by atoms with van der Waals surface area (Å²) in [6, 6.07) is 13.1. The van der Waals surface area contributed by atoms with E-state index in [-0.39, 0.29) is 42.1 Å². The lowest BCUT2D eigenvalue weighted by Crippen LogP contribution is -2.19. The molecule has 0 spiro atoms. The Morgan fingerprint density at radius 1 is 1.00 bits per heavy atom. The highest BCUT2D eigenvalue weighted by Gasteiger charge is 2.37. The fraction of sp³-hybridized carbons (Fsp3) is 0.300. The Hall–Kier alpha value is -2.14. The smallest absolute Gasteiger partial charge is 0.306 e. The zero-order valence-corrected chi connectivity index (χ0v) is 17.4. The normalized spacial score (nSPS) is 12.8. The third kappa shape index (κ3) is 5.22. The molecule has 2 aromatic carbocycles. The van der Waals surface area contributed by atoms with Gasteiger partial charge in [-0.3, -0.25) is 9.59 Å². The molecule has 0 radical (unpaired) electrons. The lowest BCUT2D eigenvalue weighted by Gasteiger charge is -2.19. The van der Waals surface area contributed by atoms with E-state index in [1.807, 2.05) is 0 Å². The van der Waals surface area contributed by atoms with Gasteiger partial charge < -0.3 is 18.8 Å². The Morgan fingerprint density at radius 3 is 2.36 bits per heavy atom. The fourth-order valence-electron chi connectivity index (χ4n) is 2.64. The van der Waals surface area contributed by atoms with E-state index >= 15 is 0 Å². The predicted molar refractivity (Wildman–Crippen MR) is 108 cm³/mol. The first kappa shape index (κ1) is 22.2. The molecule has 2 aromatic rings. The second-order valence-corrected chi connectivity index (χ2v) is 9.14. The number of hydrogen-bond acceptors (Lipinski definition) is 6. The van der Waals surface area contributed by atoms with Gasteiger partial charge in [-0.25, -0.2) is 0 Å². The van der Waals surface area contributed by atoms with Crippen LogP contribution in [-0.4, -0.2) is 45.1 Å². The van der Waals surface area contributed by atoms with Crippen molar-refractivity contribution in [1.29, 1.82) is 0 Å². The van der Waals surface area contributed by atoms with Crippen LogP contribution >= 0.6 is 18.7 Å². The first-order chi connectivity index (χ1) is 13.4. The summed E-state index contributed by atoms with van der Waals surface area (Å²) in [5.74, 6) is -0.316. The quantitative estimate of drug-likeness (QED) is 0.328. The molecule has 0 amide bonds. The highest BCUT2D eigenvalue weighted by Crippen LogP contribution is 2.51. The number of carbonyl (C=O) groups excluding carboxylic acids is 2. The van der Waals surface area contributed by atoms with Crippen molar-refractivity contribution < 1.29 is 28.4 Å². The number of carbonyl (C=O) groups is 2. The van der Waals surface area contributed by atoms with Crippen LogP contribution in [0.1, 0.15) is 16.8 Å². The van der Waals surface area contributed by atoms with Crippen molar-refractivity contribution in [2.24, 2.45) is 0 Å². The summed E-state index contributed by atoms with van der Waals surface area (Å²) in [6.45, 7) is 0.356. The molecule has 0 aromatic heterocycles. The van der Waals surface area contributed by atoms with E-state index in [9.17, 15) is 14.2 Å². The second kappa shape index (κ2) is 10.4. The lowest BCUT2D eigenvalue weighted by atomic mass is 10.2. The third-order valence-corrected chi connectivity index (χ3v) is 7.27. The van der Waals surface area contributed by atoms with Gasteiger partial charge >= 0.3 is 5.97 Å². The van der Waals surface area contributed by atoms with Crippen molar-refractivity contribution in [3.8, 4) is 5.75 Å². The molecule has 0 saturated carbocycles. The third-order valence-electron chi connectivity index (χ3n) is 4.09. The van der Waals surface area contributed by atoms with Gasteiger partial charge in [-0.2, -0.15) is 0 Å². The van der Waals surface area contributed by atoms with Crippen LogP contribution in [0.4, 0.5) is 0 Å². The maximum atomic E-state index is 13.9. The van der Waals surface area contributed by atoms with Gasteiger partial charge in [0.25, 0.3) is 0 Å². The van der Waals surface area contributed by atoms with Crippen molar-refractivity contribution >= 4 is 35.5 Å². The summed E-state index contributed by atoms with van der Waals surface area (Å²) in [5.41, 5.74) is -0.600. The minimum atomic E-state index is -3.68. The zero-order valence-electron chi connectivity index (χ0n) is 15.7. The number of esters is 1. The molecule has 6 nitrogen and oxygen atoms in total. The molecule has 0 N–H and O–H groups in total. The molecule has 28 heavy (non-hydrogen) atoms. The van der Waals surface area contributed by atoms with E-state index < -0.39 is 18.6 Å². The van der Waals surface area contributed by atoms with Crippen LogP contribution in [0.3, 0.4) is 0 Å². The summed E-state index contributed by atoms with van der Waals surface area (Å²) in [4.78, 5) is 25.3. The standard InChI is InChI=1S/C20H22ClO6P/c1-25-12-13-27-18(22)11-14-28(24,15-7-4-3-5-8-15)20(23)19-16(21)9-6-10-17(19)26-2/h3-10H,11-14H2,1-2H3. The van der Waals surface area contributed by atoms with Gasteiger partial charge in [-0.05, 0) is 12.1 Å².